The number of thiazole rings is 1. The van der Waals surface area contributed by atoms with Gasteiger partial charge in [0.1, 0.15) is 12.4 Å². The molecular weight excluding hydrogens is 334 g/mol. The number of rotatable bonds is 8. The lowest BCUT2D eigenvalue weighted by atomic mass is 10.3. The van der Waals surface area contributed by atoms with Crippen LogP contribution in [-0.4, -0.2) is 50.7 Å². The Hall–Kier alpha value is -1.96. The Morgan fingerprint density at radius 3 is 2.76 bits per heavy atom. The molecule has 0 saturated carbocycles. The van der Waals surface area contributed by atoms with Crippen molar-refractivity contribution in [1.82, 2.24) is 30.0 Å². The largest absolute Gasteiger partial charge is 0.356 e. The van der Waals surface area contributed by atoms with Crippen molar-refractivity contribution in [1.29, 1.82) is 0 Å². The van der Waals surface area contributed by atoms with Crippen molar-refractivity contribution in [2.75, 3.05) is 20.1 Å². The van der Waals surface area contributed by atoms with Crippen LogP contribution >= 0.6 is 11.3 Å². The molecule has 138 valence electrons. The fourth-order valence-corrected chi connectivity index (χ4v) is 3.08. The van der Waals surface area contributed by atoms with E-state index in [9.17, 15) is 0 Å². The SMILES string of the molecule is CCCCNC(=NCc1nnc(C)n1C)N(C)CCc1ncc(C)s1. The maximum absolute atomic E-state index is 4.75. The number of aliphatic imine (C=N–C) groups is 1. The second kappa shape index (κ2) is 9.50. The molecule has 0 aliphatic heterocycles. The molecule has 0 radical (unpaired) electrons. The van der Waals surface area contributed by atoms with Crippen molar-refractivity contribution in [2.24, 2.45) is 12.0 Å². The second-order valence-corrected chi connectivity index (χ2v) is 7.50. The Morgan fingerprint density at radius 2 is 2.16 bits per heavy atom. The molecule has 2 aromatic heterocycles. The zero-order valence-corrected chi connectivity index (χ0v) is 16.7. The molecule has 0 fully saturated rings. The highest BCUT2D eigenvalue weighted by molar-refractivity contribution is 7.11. The van der Waals surface area contributed by atoms with Gasteiger partial charge in [0, 0.05) is 44.7 Å². The fraction of sp³-hybridized carbons (Fsp3) is 0.647. The zero-order chi connectivity index (χ0) is 18.2. The Balaban J connectivity index is 1.99. The van der Waals surface area contributed by atoms with Gasteiger partial charge in [-0.2, -0.15) is 0 Å². The van der Waals surface area contributed by atoms with Crippen molar-refractivity contribution in [3.05, 3.63) is 27.7 Å². The van der Waals surface area contributed by atoms with E-state index in [1.807, 2.05) is 24.7 Å². The van der Waals surface area contributed by atoms with Gasteiger partial charge >= 0.3 is 0 Å². The topological polar surface area (TPSA) is 71.2 Å². The van der Waals surface area contributed by atoms with E-state index in [-0.39, 0.29) is 0 Å². The highest BCUT2D eigenvalue weighted by Gasteiger charge is 2.10. The van der Waals surface area contributed by atoms with Gasteiger partial charge in [0.2, 0.25) is 0 Å². The molecule has 8 heteroatoms. The molecule has 0 aromatic carbocycles. The molecule has 7 nitrogen and oxygen atoms in total. The first-order valence-electron chi connectivity index (χ1n) is 8.77. The third kappa shape index (κ3) is 5.81. The Bertz CT molecular complexity index is 689. The van der Waals surface area contributed by atoms with Gasteiger partial charge in [0.05, 0.1) is 5.01 Å². The summed E-state index contributed by atoms with van der Waals surface area (Å²) in [5.74, 6) is 2.68. The number of aryl methyl sites for hydroxylation is 2. The van der Waals surface area contributed by atoms with E-state index in [0.717, 1.165) is 50.0 Å². The molecule has 0 aliphatic rings. The molecule has 0 bridgehead atoms. The number of hydrogen-bond acceptors (Lipinski definition) is 5. The van der Waals surface area contributed by atoms with Gasteiger partial charge in [-0.1, -0.05) is 13.3 Å². The number of nitrogens with zero attached hydrogens (tertiary/aromatic N) is 6. The molecule has 2 heterocycles. The van der Waals surface area contributed by atoms with Crippen LogP contribution in [0.25, 0.3) is 0 Å². The van der Waals surface area contributed by atoms with E-state index in [1.54, 1.807) is 11.3 Å². The lowest BCUT2D eigenvalue weighted by Crippen LogP contribution is -2.40. The first-order valence-corrected chi connectivity index (χ1v) is 9.58. The summed E-state index contributed by atoms with van der Waals surface area (Å²) in [5, 5.41) is 12.9. The van der Waals surface area contributed by atoms with Gasteiger partial charge in [0.25, 0.3) is 0 Å². The average molecular weight is 364 g/mol. The minimum Gasteiger partial charge on any atom is -0.356 e. The molecule has 2 rings (SSSR count). The van der Waals surface area contributed by atoms with Crippen LogP contribution in [0, 0.1) is 13.8 Å². The first kappa shape index (κ1) is 19.4. The van der Waals surface area contributed by atoms with Crippen LogP contribution in [0.4, 0.5) is 0 Å². The molecule has 0 unspecified atom stereocenters. The number of unbranched alkanes of at least 4 members (excludes halogenated alkanes) is 1. The van der Waals surface area contributed by atoms with Crippen molar-refractivity contribution in [3.8, 4) is 0 Å². The van der Waals surface area contributed by atoms with Crippen LogP contribution in [0.5, 0.6) is 0 Å². The van der Waals surface area contributed by atoms with Crippen LogP contribution in [0.3, 0.4) is 0 Å². The zero-order valence-electron chi connectivity index (χ0n) is 15.9. The maximum Gasteiger partial charge on any atom is 0.194 e. The molecular formula is C17H29N7S. The number of likely N-dealkylation sites (N-methyl/N-ethyl adjacent to an activating group) is 1. The molecule has 2 aromatic rings. The van der Waals surface area contributed by atoms with Gasteiger partial charge in [-0.05, 0) is 20.3 Å². The van der Waals surface area contributed by atoms with Crippen LogP contribution in [-0.2, 0) is 20.0 Å². The minimum atomic E-state index is 0.520. The number of aromatic nitrogens is 4. The smallest absolute Gasteiger partial charge is 0.194 e. The minimum absolute atomic E-state index is 0.520. The standard InChI is InChI=1S/C17H29N7S/c1-6-7-9-18-17(20-12-15-22-21-14(3)24(15)5)23(4)10-8-16-19-11-13(2)25-16/h11H,6-10,12H2,1-5H3,(H,18,20). The fourth-order valence-electron chi connectivity index (χ4n) is 2.31. The molecule has 25 heavy (non-hydrogen) atoms. The third-order valence-electron chi connectivity index (χ3n) is 4.06. The van der Waals surface area contributed by atoms with Gasteiger partial charge < -0.3 is 14.8 Å². The Morgan fingerprint density at radius 1 is 1.36 bits per heavy atom. The van der Waals surface area contributed by atoms with Crippen LogP contribution < -0.4 is 5.32 Å². The summed E-state index contributed by atoms with van der Waals surface area (Å²) < 4.78 is 1.98. The maximum atomic E-state index is 4.75. The predicted octanol–water partition coefficient (Wildman–Crippen LogP) is 2.31. The molecule has 0 aliphatic carbocycles. The summed E-state index contributed by atoms with van der Waals surface area (Å²) in [4.78, 5) is 12.6. The van der Waals surface area contributed by atoms with Gasteiger partial charge in [-0.3, -0.25) is 0 Å². The van der Waals surface area contributed by atoms with E-state index in [1.165, 1.54) is 9.88 Å². The average Bonchev–Trinajstić information content (AvgIpc) is 3.15. The molecule has 0 amide bonds. The molecule has 0 saturated heterocycles. The van der Waals surface area contributed by atoms with E-state index in [0.29, 0.717) is 6.54 Å². The normalized spacial score (nSPS) is 11.8. The third-order valence-corrected chi connectivity index (χ3v) is 5.03. The van der Waals surface area contributed by atoms with Crippen molar-refractivity contribution < 1.29 is 0 Å². The summed E-state index contributed by atoms with van der Waals surface area (Å²) in [6, 6.07) is 0. The summed E-state index contributed by atoms with van der Waals surface area (Å²) in [5.41, 5.74) is 0. The highest BCUT2D eigenvalue weighted by Crippen LogP contribution is 2.12. The summed E-state index contributed by atoms with van der Waals surface area (Å²) in [6.07, 6.45) is 5.14. The summed E-state index contributed by atoms with van der Waals surface area (Å²) in [7, 11) is 4.04. The Labute approximate surface area is 154 Å². The predicted molar refractivity (Wildman–Crippen MR) is 103 cm³/mol. The van der Waals surface area contributed by atoms with E-state index in [2.05, 4.69) is 46.3 Å². The van der Waals surface area contributed by atoms with Crippen molar-refractivity contribution in [3.63, 3.8) is 0 Å². The number of guanidine groups is 1. The van der Waals surface area contributed by atoms with E-state index in [4.69, 9.17) is 4.99 Å². The highest BCUT2D eigenvalue weighted by atomic mass is 32.1. The molecule has 1 N–H and O–H groups in total. The molecule has 0 spiro atoms. The molecule has 0 atom stereocenters. The Kier molecular flexibility index (Phi) is 7.36. The van der Waals surface area contributed by atoms with Crippen LogP contribution in [0.2, 0.25) is 0 Å². The number of nitrogens with one attached hydrogen (secondary N) is 1. The van der Waals surface area contributed by atoms with E-state index < -0.39 is 0 Å². The van der Waals surface area contributed by atoms with Crippen LogP contribution in [0.15, 0.2) is 11.2 Å². The quantitative estimate of drug-likeness (QED) is 0.443. The van der Waals surface area contributed by atoms with E-state index >= 15 is 0 Å². The van der Waals surface area contributed by atoms with Crippen LogP contribution in [0.1, 0.15) is 41.3 Å². The monoisotopic (exact) mass is 363 g/mol. The lowest BCUT2D eigenvalue weighted by Gasteiger charge is -2.22. The summed E-state index contributed by atoms with van der Waals surface area (Å²) in [6.45, 7) is 8.55. The number of hydrogen-bond donors (Lipinski definition) is 1. The van der Waals surface area contributed by atoms with Gasteiger partial charge in [-0.25, -0.2) is 9.98 Å². The van der Waals surface area contributed by atoms with Crippen molar-refractivity contribution in [2.45, 2.75) is 46.6 Å². The first-order chi connectivity index (χ1) is 12.0. The lowest BCUT2D eigenvalue weighted by molar-refractivity contribution is 0.480. The summed E-state index contributed by atoms with van der Waals surface area (Å²) >= 11 is 1.76. The van der Waals surface area contributed by atoms with Crippen molar-refractivity contribution >= 4 is 17.3 Å². The van der Waals surface area contributed by atoms with Gasteiger partial charge in [-0.15, -0.1) is 21.5 Å². The second-order valence-electron chi connectivity index (χ2n) is 6.18. The van der Waals surface area contributed by atoms with Gasteiger partial charge in [0.15, 0.2) is 11.8 Å².